The first-order valence-electron chi connectivity index (χ1n) is 29.2. The molecule has 10 heterocycles. The van der Waals surface area contributed by atoms with Crippen LogP contribution in [0.5, 0.6) is 0 Å². The third-order valence-electron chi connectivity index (χ3n) is 20.2. The lowest BCUT2D eigenvalue weighted by atomic mass is 9.93. The maximum atomic E-state index is 6.95. The number of fused-ring (bicyclic) bond motifs is 30. The van der Waals surface area contributed by atoms with E-state index in [1.807, 2.05) is 0 Å². The summed E-state index contributed by atoms with van der Waals surface area (Å²) in [5, 5.41) is 25.0. The maximum absolute atomic E-state index is 6.95. The Hall–Kier alpha value is -11.3. The van der Waals surface area contributed by atoms with E-state index in [9.17, 15) is 0 Å². The van der Waals surface area contributed by atoms with Gasteiger partial charge in [-0.1, -0.05) is 152 Å². The molecule has 0 N–H and O–H groups in total. The van der Waals surface area contributed by atoms with E-state index in [-0.39, 0.29) is 0 Å². The number of furan rings is 1. The van der Waals surface area contributed by atoms with Crippen LogP contribution in [0.3, 0.4) is 0 Å². The highest BCUT2D eigenvalue weighted by atomic mass is 16.3. The monoisotopic (exact) mass is 1060 g/mol. The first-order chi connectivity index (χ1) is 41.7. The van der Waals surface area contributed by atoms with E-state index in [2.05, 4.69) is 259 Å². The highest BCUT2D eigenvalue weighted by molar-refractivity contribution is 6.35. The second kappa shape index (κ2) is 13.9. The van der Waals surface area contributed by atoms with Crippen molar-refractivity contribution >= 4 is 196 Å². The zero-order valence-electron chi connectivity index (χ0n) is 44.7. The van der Waals surface area contributed by atoms with Crippen LogP contribution in [0.25, 0.3) is 213 Å². The van der Waals surface area contributed by atoms with Crippen LogP contribution in [0.2, 0.25) is 0 Å². The van der Waals surface area contributed by atoms with Gasteiger partial charge >= 0.3 is 0 Å². The van der Waals surface area contributed by atoms with Gasteiger partial charge in [-0.3, -0.25) is 0 Å². The Morgan fingerprint density at radius 1 is 0.202 bits per heavy atom. The Morgan fingerprint density at radius 3 is 0.988 bits per heavy atom. The van der Waals surface area contributed by atoms with Crippen molar-refractivity contribution in [2.24, 2.45) is 0 Å². The molecule has 23 rings (SSSR count). The average Bonchev–Trinajstić information content (AvgIpc) is 3.57. The van der Waals surface area contributed by atoms with Crippen LogP contribution in [0, 0.1) is 0 Å². The van der Waals surface area contributed by atoms with Gasteiger partial charge in [-0.25, -0.2) is 0 Å². The normalized spacial score (nSPS) is 13.2. The molecule has 0 radical (unpaired) electrons. The van der Waals surface area contributed by atoms with Gasteiger partial charge in [-0.15, -0.1) is 0 Å². The van der Waals surface area contributed by atoms with Crippen molar-refractivity contribution in [2.45, 2.75) is 0 Å². The molecule has 0 aliphatic heterocycles. The quantitative estimate of drug-likeness (QED) is 0.170. The molecule has 0 fully saturated rings. The van der Waals surface area contributed by atoms with E-state index in [1.54, 1.807) is 0 Å². The van der Waals surface area contributed by atoms with Crippen molar-refractivity contribution in [1.29, 1.82) is 0 Å². The summed E-state index contributed by atoms with van der Waals surface area (Å²) >= 11 is 0. The third kappa shape index (κ3) is 4.55. The highest BCUT2D eigenvalue weighted by Gasteiger charge is 2.29. The van der Waals surface area contributed by atoms with E-state index in [0.29, 0.717) is 0 Å². The lowest BCUT2D eigenvalue weighted by molar-refractivity contribution is 0.670. The molecule has 0 bridgehead atoms. The van der Waals surface area contributed by atoms with Gasteiger partial charge < -0.3 is 26.6 Å². The predicted octanol–water partition coefficient (Wildman–Crippen LogP) is 21.0. The van der Waals surface area contributed by atoms with E-state index in [4.69, 9.17) is 4.42 Å². The third-order valence-corrected chi connectivity index (χ3v) is 20.2. The smallest absolute Gasteiger partial charge is 0.136 e. The topological polar surface area (TPSA) is 35.7 Å². The molecule has 6 nitrogen and oxygen atoms in total. The molecule has 0 spiro atoms. The number of para-hydroxylation sites is 7. The minimum atomic E-state index is 0.908. The molecule has 0 aliphatic carbocycles. The first-order valence-corrected chi connectivity index (χ1v) is 29.2. The number of rotatable bonds is 2. The molecule has 0 amide bonds. The average molecular weight is 1060 g/mol. The Kier molecular flexibility index (Phi) is 6.87. The number of benzene rings is 13. The van der Waals surface area contributed by atoms with Gasteiger partial charge in [0.05, 0.1) is 77.2 Å². The second-order valence-corrected chi connectivity index (χ2v) is 23.9. The molecular formula is C78H39N5O. The lowest BCUT2D eigenvalue weighted by Gasteiger charge is -2.09. The number of hydrogen-bond acceptors (Lipinski definition) is 1. The second-order valence-electron chi connectivity index (χ2n) is 23.9. The van der Waals surface area contributed by atoms with Gasteiger partial charge in [0, 0.05) is 113 Å². The van der Waals surface area contributed by atoms with Crippen LogP contribution < -0.4 is 0 Å². The van der Waals surface area contributed by atoms with Crippen molar-refractivity contribution < 1.29 is 4.42 Å². The molecule has 6 heteroatoms. The molecular weight excluding hydrogens is 1020 g/mol. The molecule has 382 valence electrons. The fourth-order valence-electron chi connectivity index (χ4n) is 16.9. The SMILES string of the molecule is c1ccc(-n2c3cc4c5cccc6c7ccccc7n(c4cc3c3cc4c(cc32)c2ccc(-c3ccc7c8cc9oc%10cc%11c%12cccc%13c%14ccccc%14n(c%11cc%10c9cc8n8c9ccccc9c3c78)c%13%12)c3c7ccccc7n4c23)c65)cc1. The van der Waals surface area contributed by atoms with Crippen molar-refractivity contribution in [3.05, 3.63) is 237 Å². The molecule has 10 aromatic heterocycles. The van der Waals surface area contributed by atoms with Gasteiger partial charge in [0.25, 0.3) is 0 Å². The van der Waals surface area contributed by atoms with Crippen molar-refractivity contribution in [3.63, 3.8) is 0 Å². The number of nitrogens with zero attached hydrogens (tertiary/aromatic N) is 5. The van der Waals surface area contributed by atoms with Crippen LogP contribution in [-0.4, -0.2) is 22.2 Å². The van der Waals surface area contributed by atoms with Crippen molar-refractivity contribution in [3.8, 4) is 16.8 Å². The standard InChI is InChI=1S/C78H39N5O/c1-2-14-40(15-3-1)79-65-32-53-47-22-12-20-45-41-16-4-8-24-61(41)80(75(45)47)67(53)34-55(65)56-35-68-54(33-66(56)79)49-30-28-43(73-51-18-6-10-26-63(51)82(68)77(49)73)44-29-31-50-58-39-72-60(37-70(58)83-64-27-11-7-19-52(64)74(44)78(50)83)59-36-69-57(38-71(59)84-72)48-23-13-21-46-42-17-5-9-25-62(42)81(69)76(46)48/h1-39H. The lowest BCUT2D eigenvalue weighted by Crippen LogP contribution is -1.93. The van der Waals surface area contributed by atoms with E-state index < -0.39 is 0 Å². The zero-order valence-corrected chi connectivity index (χ0v) is 44.7. The summed E-state index contributed by atoms with van der Waals surface area (Å²) in [6.07, 6.45) is 0. The number of aromatic nitrogens is 5. The number of hydrogen-bond donors (Lipinski definition) is 0. The van der Waals surface area contributed by atoms with Gasteiger partial charge in [0.1, 0.15) is 11.2 Å². The molecule has 0 unspecified atom stereocenters. The zero-order chi connectivity index (χ0) is 53.7. The summed E-state index contributed by atoms with van der Waals surface area (Å²) in [7, 11) is 0. The summed E-state index contributed by atoms with van der Waals surface area (Å²) < 4.78 is 19.6. The van der Waals surface area contributed by atoms with Crippen LogP contribution >= 0.6 is 0 Å². The minimum absolute atomic E-state index is 0.908. The summed E-state index contributed by atoms with van der Waals surface area (Å²) in [6, 6.07) is 89.2. The molecule has 13 aromatic carbocycles. The molecule has 0 aliphatic rings. The summed E-state index contributed by atoms with van der Waals surface area (Å²) in [4.78, 5) is 0. The van der Waals surface area contributed by atoms with Crippen molar-refractivity contribution in [2.75, 3.05) is 0 Å². The van der Waals surface area contributed by atoms with E-state index in [1.165, 1.54) is 185 Å². The maximum Gasteiger partial charge on any atom is 0.136 e. The first kappa shape index (κ1) is 41.6. The van der Waals surface area contributed by atoms with Crippen LogP contribution in [0.4, 0.5) is 0 Å². The van der Waals surface area contributed by atoms with Gasteiger partial charge in [0.15, 0.2) is 0 Å². The van der Waals surface area contributed by atoms with Gasteiger partial charge in [-0.05, 0) is 96.1 Å². The summed E-state index contributed by atoms with van der Waals surface area (Å²) in [5.41, 5.74) is 22.7. The van der Waals surface area contributed by atoms with Crippen LogP contribution in [0.15, 0.2) is 241 Å². The van der Waals surface area contributed by atoms with Crippen LogP contribution in [0.1, 0.15) is 0 Å². The largest absolute Gasteiger partial charge is 0.456 e. The Labute approximate surface area is 473 Å². The van der Waals surface area contributed by atoms with E-state index in [0.717, 1.165) is 27.6 Å². The Morgan fingerprint density at radius 2 is 0.524 bits per heavy atom. The van der Waals surface area contributed by atoms with Gasteiger partial charge in [0.2, 0.25) is 0 Å². The van der Waals surface area contributed by atoms with Crippen LogP contribution in [-0.2, 0) is 0 Å². The minimum Gasteiger partial charge on any atom is -0.456 e. The summed E-state index contributed by atoms with van der Waals surface area (Å²) in [6.45, 7) is 0. The summed E-state index contributed by atoms with van der Waals surface area (Å²) in [5.74, 6) is 0. The van der Waals surface area contributed by atoms with Gasteiger partial charge in [-0.2, -0.15) is 0 Å². The molecule has 0 saturated heterocycles. The molecule has 0 saturated carbocycles. The predicted molar refractivity (Wildman–Crippen MR) is 352 cm³/mol. The molecule has 0 atom stereocenters. The fraction of sp³-hybridized carbons (Fsp3) is 0. The molecule has 23 aromatic rings. The van der Waals surface area contributed by atoms with E-state index >= 15 is 0 Å². The Bertz CT molecular complexity index is 6960. The highest BCUT2D eigenvalue weighted by Crippen LogP contribution is 2.52. The molecule has 84 heavy (non-hydrogen) atoms. The fourth-order valence-corrected chi connectivity index (χ4v) is 16.9. The Balaban J connectivity index is 0.790. The van der Waals surface area contributed by atoms with Crippen molar-refractivity contribution in [1.82, 2.24) is 22.2 Å².